The third-order valence-electron chi connectivity index (χ3n) is 3.36. The molecule has 19 heavy (non-hydrogen) atoms. The van der Waals surface area contributed by atoms with Crippen LogP contribution in [-0.2, 0) is 0 Å². The van der Waals surface area contributed by atoms with Crippen molar-refractivity contribution in [3.05, 3.63) is 23.8 Å². The fraction of sp³-hybridized carbons (Fsp3) is 0.500. The zero-order valence-electron chi connectivity index (χ0n) is 11.1. The van der Waals surface area contributed by atoms with E-state index in [1.54, 1.807) is 32.4 Å². The third-order valence-corrected chi connectivity index (χ3v) is 4.46. The highest BCUT2D eigenvalue weighted by molar-refractivity contribution is 9.09. The van der Waals surface area contributed by atoms with Gasteiger partial charge in [-0.2, -0.15) is 0 Å². The van der Waals surface area contributed by atoms with Crippen LogP contribution in [0.3, 0.4) is 0 Å². The highest BCUT2D eigenvalue weighted by Gasteiger charge is 2.26. The van der Waals surface area contributed by atoms with Crippen LogP contribution in [0.25, 0.3) is 0 Å². The van der Waals surface area contributed by atoms with E-state index in [9.17, 15) is 4.79 Å². The number of carbonyl (C=O) groups excluding carboxylic acids is 1. The molecule has 1 N–H and O–H groups in total. The lowest BCUT2D eigenvalue weighted by Gasteiger charge is -2.16. The molecule has 2 unspecified atom stereocenters. The van der Waals surface area contributed by atoms with Gasteiger partial charge in [-0.05, 0) is 25.0 Å². The lowest BCUT2D eigenvalue weighted by atomic mass is 10.1. The molecule has 0 radical (unpaired) electrons. The van der Waals surface area contributed by atoms with Gasteiger partial charge in [0.15, 0.2) is 0 Å². The van der Waals surface area contributed by atoms with E-state index in [4.69, 9.17) is 9.47 Å². The summed E-state index contributed by atoms with van der Waals surface area (Å²) in [6.45, 7) is 0. The van der Waals surface area contributed by atoms with Crippen LogP contribution in [0.1, 0.15) is 29.6 Å². The largest absolute Gasteiger partial charge is 0.497 e. The minimum atomic E-state index is -0.0893. The Morgan fingerprint density at radius 1 is 1.21 bits per heavy atom. The Morgan fingerprint density at radius 2 is 1.84 bits per heavy atom. The first-order chi connectivity index (χ1) is 9.13. The highest BCUT2D eigenvalue weighted by atomic mass is 79.9. The number of hydrogen-bond donors (Lipinski definition) is 1. The Bertz CT molecular complexity index is 442. The van der Waals surface area contributed by atoms with Gasteiger partial charge in [0.25, 0.3) is 5.91 Å². The molecule has 0 aliphatic heterocycles. The summed E-state index contributed by atoms with van der Waals surface area (Å²) in [7, 11) is 3.14. The quantitative estimate of drug-likeness (QED) is 0.865. The van der Waals surface area contributed by atoms with Gasteiger partial charge in [0.05, 0.1) is 14.2 Å². The van der Waals surface area contributed by atoms with Crippen LogP contribution in [0.2, 0.25) is 0 Å². The number of ether oxygens (including phenoxy) is 2. The standard InChI is InChI=1S/C14H18BrNO3/c1-18-10-6-9(7-11(8-10)19-2)14(17)16-13-5-3-4-12(13)15/h6-8,12-13H,3-5H2,1-2H3,(H,16,17). The van der Waals surface area contributed by atoms with Crippen molar-refractivity contribution < 1.29 is 14.3 Å². The van der Waals surface area contributed by atoms with Gasteiger partial charge in [0.2, 0.25) is 0 Å². The van der Waals surface area contributed by atoms with Gasteiger partial charge in [-0.15, -0.1) is 0 Å². The van der Waals surface area contributed by atoms with Crippen molar-refractivity contribution in [3.8, 4) is 11.5 Å². The van der Waals surface area contributed by atoms with E-state index in [2.05, 4.69) is 21.2 Å². The van der Waals surface area contributed by atoms with E-state index >= 15 is 0 Å². The first-order valence-electron chi connectivity index (χ1n) is 6.32. The number of hydrogen-bond acceptors (Lipinski definition) is 3. The van der Waals surface area contributed by atoms with Crippen molar-refractivity contribution in [3.63, 3.8) is 0 Å². The molecule has 0 saturated heterocycles. The number of nitrogens with one attached hydrogen (secondary N) is 1. The minimum Gasteiger partial charge on any atom is -0.497 e. The van der Waals surface area contributed by atoms with Gasteiger partial charge in [0.1, 0.15) is 11.5 Å². The zero-order chi connectivity index (χ0) is 13.8. The van der Waals surface area contributed by atoms with Crippen molar-refractivity contribution in [2.45, 2.75) is 30.1 Å². The molecule has 1 aliphatic rings. The summed E-state index contributed by atoms with van der Waals surface area (Å²) in [6.07, 6.45) is 3.26. The lowest BCUT2D eigenvalue weighted by Crippen LogP contribution is -2.37. The van der Waals surface area contributed by atoms with Crippen LogP contribution >= 0.6 is 15.9 Å². The molecule has 1 fully saturated rings. The number of carbonyl (C=O) groups is 1. The molecule has 0 heterocycles. The molecule has 0 spiro atoms. The second kappa shape index (κ2) is 6.28. The fourth-order valence-electron chi connectivity index (χ4n) is 2.27. The number of alkyl halides is 1. The topological polar surface area (TPSA) is 47.6 Å². The van der Waals surface area contributed by atoms with Crippen molar-refractivity contribution in [1.29, 1.82) is 0 Å². The van der Waals surface area contributed by atoms with Crippen LogP contribution in [0, 0.1) is 0 Å². The van der Waals surface area contributed by atoms with Crippen LogP contribution < -0.4 is 14.8 Å². The summed E-state index contributed by atoms with van der Waals surface area (Å²) in [5, 5.41) is 3.05. The number of benzene rings is 1. The van der Waals surface area contributed by atoms with Crippen molar-refractivity contribution in [1.82, 2.24) is 5.32 Å². The van der Waals surface area contributed by atoms with E-state index < -0.39 is 0 Å². The zero-order valence-corrected chi connectivity index (χ0v) is 12.7. The molecule has 1 saturated carbocycles. The predicted octanol–water partition coefficient (Wildman–Crippen LogP) is 2.75. The molecule has 1 amide bonds. The third kappa shape index (κ3) is 3.41. The van der Waals surface area contributed by atoms with E-state index in [1.165, 1.54) is 0 Å². The minimum absolute atomic E-state index is 0.0893. The smallest absolute Gasteiger partial charge is 0.251 e. The van der Waals surface area contributed by atoms with Crippen molar-refractivity contribution >= 4 is 21.8 Å². The Morgan fingerprint density at radius 3 is 2.32 bits per heavy atom. The fourth-order valence-corrected chi connectivity index (χ4v) is 2.99. The number of amides is 1. The summed E-state index contributed by atoms with van der Waals surface area (Å²) in [5.41, 5.74) is 0.558. The van der Waals surface area contributed by atoms with E-state index in [0.717, 1.165) is 19.3 Å². The van der Waals surface area contributed by atoms with E-state index in [0.29, 0.717) is 21.9 Å². The Balaban J connectivity index is 2.13. The normalized spacial score (nSPS) is 22.1. The van der Waals surface area contributed by atoms with Crippen molar-refractivity contribution in [2.75, 3.05) is 14.2 Å². The average molecular weight is 328 g/mol. The highest BCUT2D eigenvalue weighted by Crippen LogP contribution is 2.27. The molecular formula is C14H18BrNO3. The molecule has 1 aromatic rings. The molecular weight excluding hydrogens is 310 g/mol. The molecule has 1 aliphatic carbocycles. The lowest BCUT2D eigenvalue weighted by molar-refractivity contribution is 0.0938. The molecule has 104 valence electrons. The van der Waals surface area contributed by atoms with E-state index in [-0.39, 0.29) is 11.9 Å². The first kappa shape index (κ1) is 14.2. The maximum Gasteiger partial charge on any atom is 0.251 e. The molecule has 2 atom stereocenters. The Labute approximate surface area is 121 Å². The van der Waals surface area contributed by atoms with Gasteiger partial charge in [0, 0.05) is 22.5 Å². The summed E-state index contributed by atoms with van der Waals surface area (Å²) in [5.74, 6) is 1.14. The molecule has 0 bridgehead atoms. The Kier molecular flexibility index (Phi) is 4.69. The maximum absolute atomic E-state index is 12.2. The molecule has 2 rings (SSSR count). The van der Waals surface area contributed by atoms with Gasteiger partial charge >= 0.3 is 0 Å². The van der Waals surface area contributed by atoms with Gasteiger partial charge < -0.3 is 14.8 Å². The van der Waals surface area contributed by atoms with Gasteiger partial charge in [-0.25, -0.2) is 0 Å². The molecule has 1 aromatic carbocycles. The summed E-state index contributed by atoms with van der Waals surface area (Å²) < 4.78 is 10.3. The predicted molar refractivity (Wildman–Crippen MR) is 77.4 cm³/mol. The molecule has 0 aromatic heterocycles. The van der Waals surface area contributed by atoms with Crippen LogP contribution in [0.4, 0.5) is 0 Å². The second-order valence-corrected chi connectivity index (χ2v) is 5.80. The van der Waals surface area contributed by atoms with E-state index in [1.807, 2.05) is 0 Å². The molecule has 5 heteroatoms. The summed E-state index contributed by atoms with van der Waals surface area (Å²) in [4.78, 5) is 12.6. The van der Waals surface area contributed by atoms with Crippen LogP contribution in [-0.4, -0.2) is 31.0 Å². The monoisotopic (exact) mass is 327 g/mol. The summed E-state index contributed by atoms with van der Waals surface area (Å²) in [6, 6.07) is 5.39. The average Bonchev–Trinajstić information content (AvgIpc) is 2.83. The molecule has 4 nitrogen and oxygen atoms in total. The van der Waals surface area contributed by atoms with Crippen molar-refractivity contribution in [2.24, 2.45) is 0 Å². The number of methoxy groups -OCH3 is 2. The van der Waals surface area contributed by atoms with Gasteiger partial charge in [-0.3, -0.25) is 4.79 Å². The number of halogens is 1. The first-order valence-corrected chi connectivity index (χ1v) is 7.23. The second-order valence-electron chi connectivity index (χ2n) is 4.63. The SMILES string of the molecule is COc1cc(OC)cc(C(=O)NC2CCCC2Br)c1. The van der Waals surface area contributed by atoms with Crippen LogP contribution in [0.15, 0.2) is 18.2 Å². The number of rotatable bonds is 4. The maximum atomic E-state index is 12.2. The Hall–Kier alpha value is -1.23. The van der Waals surface area contributed by atoms with Crippen LogP contribution in [0.5, 0.6) is 11.5 Å². The summed E-state index contributed by atoms with van der Waals surface area (Å²) >= 11 is 3.60. The van der Waals surface area contributed by atoms with Gasteiger partial charge in [-0.1, -0.05) is 22.4 Å².